The van der Waals surface area contributed by atoms with Crippen LogP contribution in [0.5, 0.6) is 0 Å². The van der Waals surface area contributed by atoms with E-state index < -0.39 is 0 Å². The third-order valence-electron chi connectivity index (χ3n) is 4.63. The van der Waals surface area contributed by atoms with Gasteiger partial charge in [-0.1, -0.05) is 48.0 Å². The molecule has 0 aliphatic carbocycles. The number of aliphatic imine (C=N–C) groups is 1. The van der Waals surface area contributed by atoms with Crippen molar-refractivity contribution in [2.24, 2.45) is 4.99 Å². The average Bonchev–Trinajstić information content (AvgIpc) is 3.19. The monoisotopic (exact) mass is 422 g/mol. The zero-order valence-electron chi connectivity index (χ0n) is 16.2. The summed E-state index contributed by atoms with van der Waals surface area (Å²) in [7, 11) is 0. The molecule has 0 spiro atoms. The Bertz CT molecular complexity index is 1140. The summed E-state index contributed by atoms with van der Waals surface area (Å²) in [4.78, 5) is 17.7. The molecule has 2 aromatic carbocycles. The second-order valence-electron chi connectivity index (χ2n) is 6.76. The Labute approximate surface area is 178 Å². The van der Waals surface area contributed by atoms with Gasteiger partial charge in [0.2, 0.25) is 0 Å². The SMILES string of the molecule is Cc1cccc(C)c1N=C1NC(=O)C(=Cc2c(C)nn(-c3ccccc3)c2Cl)S1. The first kappa shape index (κ1) is 19.5. The highest BCUT2D eigenvalue weighted by Gasteiger charge is 2.26. The van der Waals surface area contributed by atoms with Crippen molar-refractivity contribution < 1.29 is 4.79 Å². The van der Waals surface area contributed by atoms with Gasteiger partial charge in [0.1, 0.15) is 5.15 Å². The van der Waals surface area contributed by atoms with Crippen molar-refractivity contribution >= 4 is 46.2 Å². The van der Waals surface area contributed by atoms with Crippen molar-refractivity contribution in [2.75, 3.05) is 0 Å². The number of aryl methyl sites for hydroxylation is 3. The minimum atomic E-state index is -0.192. The Morgan fingerprint density at radius 1 is 1.07 bits per heavy atom. The van der Waals surface area contributed by atoms with Crippen LogP contribution in [0, 0.1) is 20.8 Å². The molecule has 0 saturated carbocycles. The third kappa shape index (κ3) is 3.86. The van der Waals surface area contributed by atoms with E-state index in [9.17, 15) is 4.79 Å². The summed E-state index contributed by atoms with van der Waals surface area (Å²) in [6.07, 6.45) is 1.78. The molecule has 7 heteroatoms. The molecule has 29 heavy (non-hydrogen) atoms. The standard InChI is InChI=1S/C22H19ClN4OS/c1-13-8-7-9-14(2)19(13)24-22-25-21(28)18(29-22)12-17-15(3)26-27(20(17)23)16-10-5-4-6-11-16/h4-12H,1-3H3,(H,24,25,28). The van der Waals surface area contributed by atoms with Crippen LogP contribution in [-0.4, -0.2) is 20.9 Å². The fourth-order valence-corrected chi connectivity index (χ4v) is 4.25. The van der Waals surface area contributed by atoms with Gasteiger partial charge in [-0.2, -0.15) is 5.10 Å². The lowest BCUT2D eigenvalue weighted by atomic mass is 10.1. The lowest BCUT2D eigenvalue weighted by Crippen LogP contribution is -2.19. The van der Waals surface area contributed by atoms with E-state index in [0.717, 1.165) is 33.8 Å². The fourth-order valence-electron chi connectivity index (χ4n) is 3.11. The van der Waals surface area contributed by atoms with Crippen LogP contribution in [0.2, 0.25) is 5.15 Å². The van der Waals surface area contributed by atoms with E-state index in [1.807, 2.05) is 69.3 Å². The number of nitrogens with zero attached hydrogens (tertiary/aromatic N) is 3. The Balaban J connectivity index is 1.67. The maximum atomic E-state index is 12.5. The number of hydrogen-bond donors (Lipinski definition) is 1. The summed E-state index contributed by atoms with van der Waals surface area (Å²) in [5.41, 5.74) is 5.34. The van der Waals surface area contributed by atoms with Crippen LogP contribution in [0.4, 0.5) is 5.69 Å². The zero-order valence-corrected chi connectivity index (χ0v) is 17.8. The van der Waals surface area contributed by atoms with Crippen molar-refractivity contribution in [1.82, 2.24) is 15.1 Å². The first-order valence-corrected chi connectivity index (χ1v) is 10.3. The van der Waals surface area contributed by atoms with Crippen LogP contribution in [0.15, 0.2) is 58.4 Å². The molecule has 0 unspecified atom stereocenters. The number of rotatable bonds is 3. The van der Waals surface area contributed by atoms with Crippen molar-refractivity contribution in [3.05, 3.63) is 81.0 Å². The summed E-state index contributed by atoms with van der Waals surface area (Å²) in [6, 6.07) is 15.7. The summed E-state index contributed by atoms with van der Waals surface area (Å²) in [5, 5.41) is 8.39. The van der Waals surface area contributed by atoms with Crippen LogP contribution in [0.3, 0.4) is 0 Å². The number of carbonyl (C=O) groups excluding carboxylic acids is 1. The molecule has 4 rings (SSSR count). The molecule has 0 radical (unpaired) electrons. The summed E-state index contributed by atoms with van der Waals surface area (Å²) in [6.45, 7) is 5.89. The predicted molar refractivity (Wildman–Crippen MR) is 120 cm³/mol. The van der Waals surface area contributed by atoms with E-state index in [1.54, 1.807) is 10.8 Å². The number of amides is 1. The van der Waals surface area contributed by atoms with E-state index in [2.05, 4.69) is 15.4 Å². The lowest BCUT2D eigenvalue weighted by molar-refractivity contribution is -0.115. The molecule has 146 valence electrons. The minimum absolute atomic E-state index is 0.192. The number of hydrogen-bond acceptors (Lipinski definition) is 4. The number of nitrogens with one attached hydrogen (secondary N) is 1. The molecule has 1 N–H and O–H groups in total. The number of thioether (sulfide) groups is 1. The van der Waals surface area contributed by atoms with E-state index in [4.69, 9.17) is 11.6 Å². The van der Waals surface area contributed by atoms with Gasteiger partial charge in [0, 0.05) is 5.56 Å². The number of benzene rings is 2. The number of aromatic nitrogens is 2. The van der Waals surface area contributed by atoms with Gasteiger partial charge in [0.05, 0.1) is 22.0 Å². The molecule has 1 saturated heterocycles. The normalized spacial score (nSPS) is 16.6. The Kier molecular flexibility index (Phi) is 5.30. The Morgan fingerprint density at radius 3 is 2.45 bits per heavy atom. The van der Waals surface area contributed by atoms with Crippen molar-refractivity contribution in [2.45, 2.75) is 20.8 Å². The number of para-hydroxylation sites is 2. The molecule has 3 aromatic rings. The lowest BCUT2D eigenvalue weighted by Gasteiger charge is -2.04. The first-order valence-electron chi connectivity index (χ1n) is 9.10. The van der Waals surface area contributed by atoms with Gasteiger partial charge in [0.15, 0.2) is 5.17 Å². The third-order valence-corrected chi connectivity index (χ3v) is 5.90. The molecule has 5 nitrogen and oxygen atoms in total. The van der Waals surface area contributed by atoms with Gasteiger partial charge in [-0.05, 0) is 61.9 Å². The van der Waals surface area contributed by atoms with Crippen molar-refractivity contribution in [3.63, 3.8) is 0 Å². The number of amidine groups is 1. The second-order valence-corrected chi connectivity index (χ2v) is 8.15. The highest BCUT2D eigenvalue weighted by atomic mass is 35.5. The van der Waals surface area contributed by atoms with E-state index >= 15 is 0 Å². The Hall–Kier alpha value is -2.83. The summed E-state index contributed by atoms with van der Waals surface area (Å²) in [5.74, 6) is -0.192. The maximum Gasteiger partial charge on any atom is 0.264 e. The van der Waals surface area contributed by atoms with E-state index in [-0.39, 0.29) is 5.91 Å². The van der Waals surface area contributed by atoms with Gasteiger partial charge in [-0.15, -0.1) is 0 Å². The van der Waals surface area contributed by atoms with Gasteiger partial charge in [-0.25, -0.2) is 9.67 Å². The predicted octanol–water partition coefficient (Wildman–Crippen LogP) is 5.34. The van der Waals surface area contributed by atoms with Gasteiger partial charge in [0.25, 0.3) is 5.91 Å². The highest BCUT2D eigenvalue weighted by molar-refractivity contribution is 8.18. The van der Waals surface area contributed by atoms with Gasteiger partial charge < -0.3 is 5.32 Å². The molecule has 0 bridgehead atoms. The smallest absolute Gasteiger partial charge is 0.264 e. The van der Waals surface area contributed by atoms with E-state index in [1.165, 1.54) is 11.8 Å². The number of halogens is 1. The number of carbonyl (C=O) groups is 1. The molecule has 1 aliphatic heterocycles. The maximum absolute atomic E-state index is 12.5. The van der Waals surface area contributed by atoms with Crippen LogP contribution < -0.4 is 5.32 Å². The molecule has 1 fully saturated rings. The fraction of sp³-hybridized carbons (Fsp3) is 0.136. The zero-order chi connectivity index (χ0) is 20.5. The van der Waals surface area contributed by atoms with Crippen LogP contribution in [0.1, 0.15) is 22.4 Å². The molecule has 1 aliphatic rings. The van der Waals surface area contributed by atoms with Crippen LogP contribution in [-0.2, 0) is 4.79 Å². The first-order chi connectivity index (χ1) is 13.9. The molecule has 1 aromatic heterocycles. The van der Waals surface area contributed by atoms with Gasteiger partial charge in [-0.3, -0.25) is 4.79 Å². The molecular weight excluding hydrogens is 404 g/mol. The van der Waals surface area contributed by atoms with Crippen molar-refractivity contribution in [1.29, 1.82) is 0 Å². The molecular formula is C22H19ClN4OS. The van der Waals surface area contributed by atoms with Crippen molar-refractivity contribution in [3.8, 4) is 5.69 Å². The molecule has 1 amide bonds. The van der Waals surface area contributed by atoms with Crippen LogP contribution in [0.25, 0.3) is 11.8 Å². The Morgan fingerprint density at radius 2 is 1.76 bits per heavy atom. The quantitative estimate of drug-likeness (QED) is 0.579. The molecule has 2 heterocycles. The van der Waals surface area contributed by atoms with Gasteiger partial charge >= 0.3 is 0 Å². The average molecular weight is 423 g/mol. The topological polar surface area (TPSA) is 59.3 Å². The minimum Gasteiger partial charge on any atom is -0.300 e. The summed E-state index contributed by atoms with van der Waals surface area (Å²) >= 11 is 7.89. The van der Waals surface area contributed by atoms with Crippen LogP contribution >= 0.6 is 23.4 Å². The van der Waals surface area contributed by atoms with E-state index in [0.29, 0.717) is 15.2 Å². The molecule has 0 atom stereocenters. The second kappa shape index (κ2) is 7.89. The highest BCUT2D eigenvalue weighted by Crippen LogP contribution is 2.33. The summed E-state index contributed by atoms with van der Waals surface area (Å²) < 4.78 is 1.67. The largest absolute Gasteiger partial charge is 0.300 e.